The van der Waals surface area contributed by atoms with Crippen LogP contribution in [0.15, 0.2) is 249 Å². The third-order valence-electron chi connectivity index (χ3n) is 11.6. The molecule has 0 saturated heterocycles. The number of allylic oxidation sites excluding steroid dienone is 4. The van der Waals surface area contributed by atoms with E-state index in [2.05, 4.69) is 163 Å². The minimum atomic E-state index is -0.952. The summed E-state index contributed by atoms with van der Waals surface area (Å²) >= 11 is 0. The van der Waals surface area contributed by atoms with Gasteiger partial charge in [-0.15, -0.1) is 0 Å². The number of hydrogen-bond donors (Lipinski definition) is 0. The highest BCUT2D eigenvalue weighted by atomic mass is 15.1. The summed E-state index contributed by atoms with van der Waals surface area (Å²) in [5.41, 5.74) is 10.3. The molecule has 0 saturated carbocycles. The second kappa shape index (κ2) is 14.9. The predicted molar refractivity (Wildman–Crippen MR) is 246 cm³/mol. The van der Waals surface area contributed by atoms with Crippen LogP contribution in [0.2, 0.25) is 0 Å². The van der Waals surface area contributed by atoms with Gasteiger partial charge in [0, 0.05) is 17.6 Å². The van der Waals surface area contributed by atoms with Crippen molar-refractivity contribution >= 4 is 38.5 Å². The molecule has 58 heavy (non-hydrogen) atoms. The van der Waals surface area contributed by atoms with Crippen molar-refractivity contribution in [3.05, 3.63) is 271 Å². The first-order chi connectivity index (χ1) is 30.1. The molecular formula is C57H41N. The molecule has 0 aliphatic heterocycles. The molecule has 1 aliphatic rings. The van der Waals surface area contributed by atoms with Crippen molar-refractivity contribution in [1.82, 2.24) is 0 Å². The summed E-state index contributed by atoms with van der Waals surface area (Å²) < 4.78 is 28.2. The van der Waals surface area contributed by atoms with Gasteiger partial charge in [-0.3, -0.25) is 0 Å². The van der Waals surface area contributed by atoms with Gasteiger partial charge in [-0.25, -0.2) is 0 Å². The lowest BCUT2D eigenvalue weighted by atomic mass is 9.67. The van der Waals surface area contributed by atoms with Crippen molar-refractivity contribution in [3.8, 4) is 22.3 Å². The van der Waals surface area contributed by atoms with Gasteiger partial charge in [-0.05, 0) is 114 Å². The van der Waals surface area contributed by atoms with E-state index in [1.807, 2.05) is 66.9 Å². The average molecular weight is 743 g/mol. The zero-order chi connectivity index (χ0) is 41.3. The van der Waals surface area contributed by atoms with E-state index in [0.717, 1.165) is 62.4 Å². The molecule has 0 heterocycles. The van der Waals surface area contributed by atoms with Gasteiger partial charge in [-0.1, -0.05) is 201 Å². The van der Waals surface area contributed by atoms with Crippen LogP contribution in [0.5, 0.6) is 0 Å². The van der Waals surface area contributed by atoms with Crippen LogP contribution in [0.25, 0.3) is 49.4 Å². The molecule has 9 aromatic carbocycles. The largest absolute Gasteiger partial charge is 0.317 e. The third kappa shape index (κ3) is 5.88. The number of anilines is 2. The highest BCUT2D eigenvalue weighted by molar-refractivity contribution is 6.13. The molecule has 0 aromatic heterocycles. The molecule has 0 spiro atoms. The van der Waals surface area contributed by atoms with E-state index in [0.29, 0.717) is 11.1 Å². The van der Waals surface area contributed by atoms with E-state index in [1.165, 1.54) is 21.5 Å². The molecule has 1 aliphatic carbocycles. The first-order valence-corrected chi connectivity index (χ1v) is 19.7. The summed E-state index contributed by atoms with van der Waals surface area (Å²) in [6.07, 6.45) is 1.91. The summed E-state index contributed by atoms with van der Waals surface area (Å²) in [5, 5.41) is 4.77. The number of rotatable bonds is 9. The molecule has 0 unspecified atom stereocenters. The van der Waals surface area contributed by atoms with Crippen LogP contribution in [-0.2, 0) is 5.41 Å². The van der Waals surface area contributed by atoms with Crippen LogP contribution in [0.4, 0.5) is 11.4 Å². The number of fused-ring (bicyclic) bond motifs is 4. The van der Waals surface area contributed by atoms with E-state index < -0.39 is 5.41 Å². The summed E-state index contributed by atoms with van der Waals surface area (Å²) in [6.45, 7) is 1.10. The minimum absolute atomic E-state index is 0.0540. The van der Waals surface area contributed by atoms with Crippen molar-refractivity contribution in [3.63, 3.8) is 0 Å². The number of hydrogen-bond acceptors (Lipinski definition) is 1. The van der Waals surface area contributed by atoms with Gasteiger partial charge >= 0.3 is 0 Å². The Kier molecular flexibility index (Phi) is 8.13. The Morgan fingerprint density at radius 3 is 1.78 bits per heavy atom. The summed E-state index contributed by atoms with van der Waals surface area (Å²) in [5.74, 6) is 0. The maximum Gasteiger partial charge on any atom is 0.0714 e. The molecule has 0 fully saturated rings. The van der Waals surface area contributed by atoms with Crippen LogP contribution in [-0.4, -0.2) is 0 Å². The maximum atomic E-state index is 10.4. The van der Waals surface area contributed by atoms with Gasteiger partial charge in [-0.2, -0.15) is 0 Å². The maximum absolute atomic E-state index is 10.4. The van der Waals surface area contributed by atoms with E-state index in [9.17, 15) is 2.74 Å². The number of benzene rings is 9. The van der Waals surface area contributed by atoms with Crippen LogP contribution in [0.1, 0.15) is 26.4 Å². The molecule has 10 rings (SSSR count). The summed E-state index contributed by atoms with van der Waals surface area (Å²) in [7, 11) is 0. The van der Waals surface area contributed by atoms with Crippen LogP contribution in [0, 0.1) is 0 Å². The van der Waals surface area contributed by atoms with Crippen molar-refractivity contribution in [2.24, 2.45) is 0 Å². The molecule has 0 N–H and O–H groups in total. The van der Waals surface area contributed by atoms with Gasteiger partial charge in [0.05, 0.1) is 9.53 Å². The Labute approximate surface area is 345 Å². The fraction of sp³-hybridized carbons (Fsp3) is 0.0175. The Bertz CT molecular complexity index is 3110. The molecule has 0 amide bonds. The smallest absolute Gasteiger partial charge is 0.0714 e. The van der Waals surface area contributed by atoms with Crippen LogP contribution < -0.4 is 4.90 Å². The Morgan fingerprint density at radius 2 is 1.05 bits per heavy atom. The standard InChI is InChI=1S/C57H41N/c1-2-49-53-31-16-17-32-55(53)57(45-23-8-4-9-24-45,46-25-10-5-11-26-46)56(49)37-38-58(47-35-33-42(34-36-47)41-19-6-3-7-20-41)48-27-18-22-43(39-48)54-40-44-21-12-13-28-50(44)51-29-14-15-30-52(51)54/h2-40H,1H2/b38-37+/i1D,2D,37D/b2-1?,38-37+. The lowest BCUT2D eigenvalue weighted by Crippen LogP contribution is -2.29. The molecule has 0 atom stereocenters. The first-order valence-electron chi connectivity index (χ1n) is 21.3. The predicted octanol–water partition coefficient (Wildman–Crippen LogP) is 15.0. The van der Waals surface area contributed by atoms with Crippen molar-refractivity contribution < 1.29 is 4.11 Å². The fourth-order valence-electron chi connectivity index (χ4n) is 8.95. The highest BCUT2D eigenvalue weighted by Gasteiger charge is 2.46. The normalized spacial score (nSPS) is 14.5. The summed E-state index contributed by atoms with van der Waals surface area (Å²) in [4.78, 5) is 2.10. The molecule has 0 bridgehead atoms. The van der Waals surface area contributed by atoms with Crippen molar-refractivity contribution in [2.45, 2.75) is 5.41 Å². The first kappa shape index (κ1) is 31.7. The lowest BCUT2D eigenvalue weighted by molar-refractivity contribution is 0.761. The molecule has 0 radical (unpaired) electrons. The second-order valence-electron chi connectivity index (χ2n) is 14.7. The SMILES string of the molecule is [2H]C=C([2H])C1=C(/C([2H])=C/N(c2ccc(-c3ccccc3)cc2)c2cccc(-c3cc4ccccc4c4ccccc34)c2)C(c2ccccc2)(c2ccccc2)c2ccccc21. The molecule has 274 valence electrons. The third-order valence-corrected chi connectivity index (χ3v) is 11.6. The van der Waals surface area contributed by atoms with Gasteiger partial charge < -0.3 is 4.90 Å². The Hall–Kier alpha value is -7.48. The van der Waals surface area contributed by atoms with E-state index >= 15 is 0 Å². The van der Waals surface area contributed by atoms with Gasteiger partial charge in [0.1, 0.15) is 0 Å². The molecular weight excluding hydrogens is 699 g/mol. The zero-order valence-corrected chi connectivity index (χ0v) is 31.9. The zero-order valence-electron chi connectivity index (χ0n) is 34.9. The molecule has 1 nitrogen and oxygen atoms in total. The van der Waals surface area contributed by atoms with E-state index in [1.54, 1.807) is 0 Å². The van der Waals surface area contributed by atoms with Crippen molar-refractivity contribution in [2.75, 3.05) is 4.90 Å². The highest BCUT2D eigenvalue weighted by Crippen LogP contribution is 2.55. The number of nitrogens with zero attached hydrogens (tertiary/aromatic N) is 1. The average Bonchev–Trinajstić information content (AvgIpc) is 3.66. The second-order valence-corrected chi connectivity index (χ2v) is 14.7. The molecule has 9 aromatic rings. The Morgan fingerprint density at radius 1 is 0.466 bits per heavy atom. The van der Waals surface area contributed by atoms with E-state index in [4.69, 9.17) is 1.37 Å². The lowest BCUT2D eigenvalue weighted by Gasteiger charge is -2.35. The van der Waals surface area contributed by atoms with E-state index in [-0.39, 0.29) is 12.1 Å². The van der Waals surface area contributed by atoms with Crippen LogP contribution >= 0.6 is 0 Å². The Balaban J connectivity index is 1.23. The van der Waals surface area contributed by atoms with Crippen LogP contribution in [0.3, 0.4) is 0 Å². The van der Waals surface area contributed by atoms with Crippen molar-refractivity contribution in [1.29, 1.82) is 0 Å². The van der Waals surface area contributed by atoms with Gasteiger partial charge in [0.25, 0.3) is 0 Å². The van der Waals surface area contributed by atoms with Gasteiger partial charge in [0.15, 0.2) is 0 Å². The minimum Gasteiger partial charge on any atom is -0.317 e. The van der Waals surface area contributed by atoms with Gasteiger partial charge in [0.2, 0.25) is 0 Å². The topological polar surface area (TPSA) is 3.24 Å². The monoisotopic (exact) mass is 742 g/mol. The quantitative estimate of drug-likeness (QED) is 0.133. The molecule has 1 heteroatoms. The summed E-state index contributed by atoms with van der Waals surface area (Å²) in [6, 6.07) is 75.9. The fourth-order valence-corrected chi connectivity index (χ4v) is 8.95.